The molecule has 0 radical (unpaired) electrons. The third-order valence-electron chi connectivity index (χ3n) is 6.07. The largest absolute Gasteiger partial charge is 0.454 e. The molecule has 0 saturated heterocycles. The molecule has 2 aromatic carbocycles. The minimum atomic E-state index is -3.35. The summed E-state index contributed by atoms with van der Waals surface area (Å²) in [6.45, 7) is 5.39. The Hall–Kier alpha value is -3.26. The molecule has 1 aliphatic rings. The molecule has 0 aliphatic carbocycles. The van der Waals surface area contributed by atoms with Gasteiger partial charge in [0.15, 0.2) is 12.4 Å². The van der Waals surface area contributed by atoms with E-state index in [1.165, 1.54) is 4.31 Å². The number of fused-ring (bicyclic) bond motifs is 2. The number of Topliss-reactive ketones (excluding diaryl/α,β-unsaturated/α-hetero) is 1. The Kier molecular flexibility index (Phi) is 6.21. The van der Waals surface area contributed by atoms with Crippen LogP contribution in [-0.2, 0) is 27.6 Å². The van der Waals surface area contributed by atoms with Crippen LogP contribution >= 0.6 is 0 Å². The Labute approximate surface area is 193 Å². The fourth-order valence-corrected chi connectivity index (χ4v) is 5.40. The lowest BCUT2D eigenvalue weighted by atomic mass is 10.0. The number of aryl methyl sites for hydroxylation is 1. The second-order valence-corrected chi connectivity index (χ2v) is 10.2. The monoisotopic (exact) mass is 466 g/mol. The van der Waals surface area contributed by atoms with Crippen LogP contribution in [0.15, 0.2) is 42.5 Å². The van der Waals surface area contributed by atoms with Gasteiger partial charge in [-0.2, -0.15) is 0 Å². The van der Waals surface area contributed by atoms with Crippen LogP contribution in [0.25, 0.3) is 10.9 Å². The minimum Gasteiger partial charge on any atom is -0.454 e. The fourth-order valence-electron chi connectivity index (χ4n) is 4.24. The van der Waals surface area contributed by atoms with E-state index >= 15 is 0 Å². The molecule has 3 aromatic rings. The minimum absolute atomic E-state index is 0.0198. The summed E-state index contributed by atoms with van der Waals surface area (Å²) in [6, 6.07) is 12.3. The summed E-state index contributed by atoms with van der Waals surface area (Å²) < 4.78 is 31.3. The molecule has 0 amide bonds. The molecule has 0 atom stereocenters. The quantitative estimate of drug-likeness (QED) is 0.388. The first-order chi connectivity index (χ1) is 15.8. The lowest BCUT2D eigenvalue weighted by Crippen LogP contribution is -2.30. The van der Waals surface area contributed by atoms with Gasteiger partial charge >= 0.3 is 5.97 Å². The summed E-state index contributed by atoms with van der Waals surface area (Å²) in [5, 5.41) is 0.694. The number of rotatable bonds is 7. The molecule has 0 saturated carbocycles. The van der Waals surface area contributed by atoms with Crippen molar-refractivity contribution in [3.8, 4) is 0 Å². The Morgan fingerprint density at radius 1 is 1.12 bits per heavy atom. The van der Waals surface area contributed by atoms with Crippen LogP contribution in [0.5, 0.6) is 0 Å². The number of benzene rings is 2. The summed E-state index contributed by atoms with van der Waals surface area (Å²) in [7, 11) is -3.35. The van der Waals surface area contributed by atoms with Crippen LogP contribution in [0, 0.1) is 6.92 Å². The van der Waals surface area contributed by atoms with Crippen LogP contribution in [0.1, 0.15) is 51.4 Å². The summed E-state index contributed by atoms with van der Waals surface area (Å²) in [6.07, 6.45) is 1.22. The molecular weight excluding hydrogens is 440 g/mol. The van der Waals surface area contributed by atoms with E-state index in [0.717, 1.165) is 16.8 Å². The number of hydrogen-bond donors (Lipinski definition) is 0. The molecule has 1 aliphatic heterocycles. The van der Waals surface area contributed by atoms with E-state index < -0.39 is 22.6 Å². The second kappa shape index (κ2) is 8.94. The van der Waals surface area contributed by atoms with Gasteiger partial charge in [0.2, 0.25) is 10.0 Å². The number of esters is 1. The van der Waals surface area contributed by atoms with Crippen molar-refractivity contribution in [2.75, 3.05) is 23.2 Å². The maximum absolute atomic E-state index is 13.0. The Morgan fingerprint density at radius 2 is 1.88 bits per heavy atom. The van der Waals surface area contributed by atoms with E-state index in [2.05, 4.69) is 4.98 Å². The molecular formula is C25H26N2O5S. The van der Waals surface area contributed by atoms with Gasteiger partial charge in [0.05, 0.1) is 22.5 Å². The highest BCUT2D eigenvalue weighted by Crippen LogP contribution is 2.31. The Bertz CT molecular complexity index is 1360. The summed E-state index contributed by atoms with van der Waals surface area (Å²) >= 11 is 0. The maximum Gasteiger partial charge on any atom is 0.339 e. The number of para-hydroxylation sites is 1. The highest BCUT2D eigenvalue weighted by atomic mass is 32.2. The summed E-state index contributed by atoms with van der Waals surface area (Å²) in [5.74, 6) is -0.878. The number of anilines is 1. The van der Waals surface area contributed by atoms with Crippen molar-refractivity contribution in [3.05, 3.63) is 70.4 Å². The van der Waals surface area contributed by atoms with Gasteiger partial charge in [-0.1, -0.05) is 25.1 Å². The summed E-state index contributed by atoms with van der Waals surface area (Å²) in [4.78, 5) is 30.4. The lowest BCUT2D eigenvalue weighted by Gasteiger charge is -2.18. The van der Waals surface area contributed by atoms with Crippen LogP contribution in [0.2, 0.25) is 0 Å². The van der Waals surface area contributed by atoms with Crippen LogP contribution in [0.3, 0.4) is 0 Å². The third kappa shape index (κ3) is 4.23. The number of nitrogens with zero attached hydrogens (tertiary/aromatic N) is 2. The van der Waals surface area contributed by atoms with Crippen molar-refractivity contribution in [3.63, 3.8) is 0 Å². The van der Waals surface area contributed by atoms with E-state index in [4.69, 9.17) is 4.74 Å². The highest BCUT2D eigenvalue weighted by molar-refractivity contribution is 7.92. The van der Waals surface area contributed by atoms with Gasteiger partial charge in [-0.05, 0) is 62.1 Å². The number of ether oxygens (including phenoxy) is 1. The van der Waals surface area contributed by atoms with Gasteiger partial charge in [-0.15, -0.1) is 0 Å². The van der Waals surface area contributed by atoms with E-state index in [9.17, 15) is 18.0 Å². The maximum atomic E-state index is 13.0. The normalized spacial score (nSPS) is 13.2. The third-order valence-corrected chi connectivity index (χ3v) is 7.85. The first-order valence-corrected chi connectivity index (χ1v) is 12.6. The van der Waals surface area contributed by atoms with Crippen LogP contribution < -0.4 is 4.31 Å². The molecule has 0 unspecified atom stereocenters. The van der Waals surface area contributed by atoms with E-state index in [-0.39, 0.29) is 11.5 Å². The van der Waals surface area contributed by atoms with Crippen molar-refractivity contribution in [1.82, 2.24) is 4.98 Å². The van der Waals surface area contributed by atoms with Crippen molar-refractivity contribution in [2.45, 2.75) is 33.6 Å². The molecule has 0 fully saturated rings. The molecule has 0 N–H and O–H groups in total. The molecule has 8 heteroatoms. The summed E-state index contributed by atoms with van der Waals surface area (Å²) in [5.41, 5.74) is 4.51. The molecule has 0 spiro atoms. The average molecular weight is 467 g/mol. The molecule has 7 nitrogen and oxygen atoms in total. The topological polar surface area (TPSA) is 93.6 Å². The zero-order chi connectivity index (χ0) is 23.8. The van der Waals surface area contributed by atoms with Crippen molar-refractivity contribution < 1.29 is 22.7 Å². The molecule has 1 aromatic heterocycles. The number of carbonyl (C=O) groups is 2. The van der Waals surface area contributed by atoms with Gasteiger partial charge in [0.1, 0.15) is 0 Å². The number of carbonyl (C=O) groups excluding carboxylic acids is 2. The van der Waals surface area contributed by atoms with Crippen molar-refractivity contribution >= 4 is 38.4 Å². The van der Waals surface area contributed by atoms with E-state index in [0.29, 0.717) is 47.1 Å². The van der Waals surface area contributed by atoms with Gasteiger partial charge in [-0.3, -0.25) is 14.1 Å². The zero-order valence-corrected chi connectivity index (χ0v) is 19.7. The van der Waals surface area contributed by atoms with E-state index in [1.807, 2.05) is 38.1 Å². The van der Waals surface area contributed by atoms with Gasteiger partial charge in [0, 0.05) is 23.2 Å². The number of aromatic nitrogens is 1. The van der Waals surface area contributed by atoms with E-state index in [1.54, 1.807) is 25.1 Å². The van der Waals surface area contributed by atoms with Crippen LogP contribution in [0.4, 0.5) is 5.69 Å². The molecule has 0 bridgehead atoms. The van der Waals surface area contributed by atoms with Crippen molar-refractivity contribution in [2.24, 2.45) is 0 Å². The molecule has 33 heavy (non-hydrogen) atoms. The predicted molar refractivity (Wildman–Crippen MR) is 127 cm³/mol. The molecule has 2 heterocycles. The standard InChI is InChI=1S/C25H26N2O5S/c1-4-20-16(3)24(19-8-6-7-9-21(19)26-20)25(29)32-15-23(28)18-10-11-22-17(14-18)12-13-27(22)33(30,31)5-2/h6-11,14H,4-5,12-13,15H2,1-3H3. The molecule has 172 valence electrons. The average Bonchev–Trinajstić information content (AvgIpc) is 3.26. The van der Waals surface area contributed by atoms with Crippen LogP contribution in [-0.4, -0.2) is 44.1 Å². The van der Waals surface area contributed by atoms with Gasteiger partial charge in [0.25, 0.3) is 0 Å². The number of sulfonamides is 1. The number of pyridine rings is 1. The number of hydrogen-bond acceptors (Lipinski definition) is 6. The Balaban J connectivity index is 1.54. The first kappa shape index (κ1) is 22.9. The Morgan fingerprint density at radius 3 is 2.61 bits per heavy atom. The van der Waals surface area contributed by atoms with Crippen molar-refractivity contribution in [1.29, 1.82) is 0 Å². The van der Waals surface area contributed by atoms with Gasteiger partial charge in [-0.25, -0.2) is 13.2 Å². The van der Waals surface area contributed by atoms with Gasteiger partial charge < -0.3 is 4.74 Å². The fraction of sp³-hybridized carbons (Fsp3) is 0.320. The smallest absolute Gasteiger partial charge is 0.339 e. The zero-order valence-electron chi connectivity index (χ0n) is 18.9. The number of ketones is 1. The predicted octanol–water partition coefficient (Wildman–Crippen LogP) is 3.86. The second-order valence-electron chi connectivity index (χ2n) is 7.99. The highest BCUT2D eigenvalue weighted by Gasteiger charge is 2.29. The lowest BCUT2D eigenvalue weighted by molar-refractivity contribution is 0.0476. The first-order valence-electron chi connectivity index (χ1n) is 11.0. The molecule has 4 rings (SSSR count). The SMILES string of the molecule is CCc1nc2ccccc2c(C(=O)OCC(=O)c2ccc3c(c2)CCN3S(=O)(=O)CC)c1C.